The van der Waals surface area contributed by atoms with Crippen LogP contribution in [0.1, 0.15) is 38.8 Å². The maximum Gasteiger partial charge on any atom is 0.163 e. The average Bonchev–Trinajstić information content (AvgIpc) is 2.29. The quantitative estimate of drug-likeness (QED) is 0.809. The van der Waals surface area contributed by atoms with E-state index in [2.05, 4.69) is 5.32 Å². The molecular weight excluding hydrogens is 208 g/mol. The first-order valence-electron chi connectivity index (χ1n) is 5.79. The molecule has 1 rings (SSSR count). The van der Waals surface area contributed by atoms with Gasteiger partial charge in [-0.15, -0.1) is 0 Å². The van der Waals surface area contributed by atoms with Gasteiger partial charge in [-0.1, -0.05) is 39.3 Å². The van der Waals surface area contributed by atoms with Gasteiger partial charge in [0.2, 0.25) is 0 Å². The average molecular weight is 227 g/mol. The summed E-state index contributed by atoms with van der Waals surface area (Å²) < 4.78 is 26.8. The second-order valence-corrected chi connectivity index (χ2v) is 4.06. The number of nitrogens with one attached hydrogen (secondary N) is 1. The minimum atomic E-state index is -0.774. The molecule has 0 fully saturated rings. The Morgan fingerprint density at radius 2 is 1.94 bits per heavy atom. The van der Waals surface area contributed by atoms with Crippen LogP contribution in [0.3, 0.4) is 0 Å². The van der Waals surface area contributed by atoms with Crippen molar-refractivity contribution in [1.29, 1.82) is 0 Å². The molecule has 0 saturated carbocycles. The van der Waals surface area contributed by atoms with Gasteiger partial charge in [-0.05, 0) is 18.5 Å². The van der Waals surface area contributed by atoms with Crippen molar-refractivity contribution in [2.24, 2.45) is 5.92 Å². The number of rotatable bonds is 5. The normalized spacial score (nSPS) is 14.8. The molecule has 0 bridgehead atoms. The maximum atomic E-state index is 13.7. The number of benzene rings is 1. The third-order valence-electron chi connectivity index (χ3n) is 2.95. The highest BCUT2D eigenvalue weighted by Crippen LogP contribution is 2.27. The number of hydrogen-bond donors (Lipinski definition) is 1. The summed E-state index contributed by atoms with van der Waals surface area (Å²) in [6.07, 6.45) is 0.924. The summed E-state index contributed by atoms with van der Waals surface area (Å²) in [6.45, 7) is 6.79. The van der Waals surface area contributed by atoms with Crippen LogP contribution in [0.4, 0.5) is 8.78 Å². The molecule has 1 nitrogen and oxygen atoms in total. The lowest BCUT2D eigenvalue weighted by atomic mass is 9.92. The lowest BCUT2D eigenvalue weighted by Crippen LogP contribution is -2.27. The monoisotopic (exact) mass is 227 g/mol. The van der Waals surface area contributed by atoms with Gasteiger partial charge in [-0.2, -0.15) is 0 Å². The van der Waals surface area contributed by atoms with E-state index in [0.29, 0.717) is 5.56 Å². The van der Waals surface area contributed by atoms with Crippen LogP contribution in [0.25, 0.3) is 0 Å². The zero-order chi connectivity index (χ0) is 12.1. The predicted octanol–water partition coefficient (Wildman–Crippen LogP) is 3.66. The first-order valence-corrected chi connectivity index (χ1v) is 5.79. The van der Waals surface area contributed by atoms with Crippen molar-refractivity contribution in [1.82, 2.24) is 5.32 Å². The van der Waals surface area contributed by atoms with E-state index in [4.69, 9.17) is 0 Å². The topological polar surface area (TPSA) is 12.0 Å². The minimum absolute atomic E-state index is 0.120. The molecule has 0 heterocycles. The molecule has 1 N–H and O–H groups in total. The molecule has 0 aliphatic heterocycles. The minimum Gasteiger partial charge on any atom is -0.310 e. The van der Waals surface area contributed by atoms with Gasteiger partial charge in [0.05, 0.1) is 0 Å². The molecule has 1 aromatic carbocycles. The molecule has 16 heavy (non-hydrogen) atoms. The third-order valence-corrected chi connectivity index (χ3v) is 2.95. The molecule has 2 unspecified atom stereocenters. The summed E-state index contributed by atoms with van der Waals surface area (Å²) in [5.74, 6) is -1.23. The second kappa shape index (κ2) is 5.94. The standard InChI is InChI=1S/C13H19F2N/c1-4-9(3)13(16-5-2)10-7-6-8-11(14)12(10)15/h6-9,13,16H,4-5H2,1-3H3. The lowest BCUT2D eigenvalue weighted by Gasteiger charge is -2.24. The summed E-state index contributed by atoms with van der Waals surface area (Å²) >= 11 is 0. The highest BCUT2D eigenvalue weighted by Gasteiger charge is 2.21. The zero-order valence-electron chi connectivity index (χ0n) is 10.1. The van der Waals surface area contributed by atoms with Gasteiger partial charge in [-0.3, -0.25) is 0 Å². The van der Waals surface area contributed by atoms with Gasteiger partial charge < -0.3 is 5.32 Å². The van der Waals surface area contributed by atoms with Crippen LogP contribution >= 0.6 is 0 Å². The van der Waals surface area contributed by atoms with Crippen molar-refractivity contribution >= 4 is 0 Å². The summed E-state index contributed by atoms with van der Waals surface area (Å²) in [7, 11) is 0. The van der Waals surface area contributed by atoms with Crippen molar-refractivity contribution in [2.45, 2.75) is 33.2 Å². The van der Waals surface area contributed by atoms with Crippen LogP contribution in [0.2, 0.25) is 0 Å². The first kappa shape index (κ1) is 13.1. The fraction of sp³-hybridized carbons (Fsp3) is 0.538. The van der Waals surface area contributed by atoms with Gasteiger partial charge >= 0.3 is 0 Å². The molecule has 2 atom stereocenters. The van der Waals surface area contributed by atoms with Crippen molar-refractivity contribution in [2.75, 3.05) is 6.54 Å². The number of halogens is 2. The molecule has 0 amide bonds. The summed E-state index contributed by atoms with van der Waals surface area (Å²) in [5.41, 5.74) is 0.427. The summed E-state index contributed by atoms with van der Waals surface area (Å²) in [6, 6.07) is 4.24. The van der Waals surface area contributed by atoms with Crippen molar-refractivity contribution in [3.8, 4) is 0 Å². The Morgan fingerprint density at radius 3 is 2.50 bits per heavy atom. The fourth-order valence-corrected chi connectivity index (χ4v) is 1.83. The smallest absolute Gasteiger partial charge is 0.163 e. The fourth-order valence-electron chi connectivity index (χ4n) is 1.83. The van der Waals surface area contributed by atoms with Crippen LogP contribution in [-0.2, 0) is 0 Å². The Bertz CT molecular complexity index is 339. The second-order valence-electron chi connectivity index (χ2n) is 4.06. The lowest BCUT2D eigenvalue weighted by molar-refractivity contribution is 0.365. The van der Waals surface area contributed by atoms with Crippen LogP contribution in [0.5, 0.6) is 0 Å². The summed E-state index contributed by atoms with van der Waals surface area (Å²) in [5, 5.41) is 3.21. The molecule has 0 saturated heterocycles. The van der Waals surface area contributed by atoms with Gasteiger partial charge in [0.15, 0.2) is 11.6 Å². The molecule has 0 spiro atoms. The van der Waals surface area contributed by atoms with E-state index >= 15 is 0 Å². The van der Waals surface area contributed by atoms with Crippen molar-refractivity contribution in [3.05, 3.63) is 35.4 Å². The number of hydrogen-bond acceptors (Lipinski definition) is 1. The molecular formula is C13H19F2N. The Hall–Kier alpha value is -0.960. The van der Waals surface area contributed by atoms with E-state index in [-0.39, 0.29) is 12.0 Å². The Morgan fingerprint density at radius 1 is 1.25 bits per heavy atom. The van der Waals surface area contributed by atoms with E-state index in [1.54, 1.807) is 12.1 Å². The highest BCUT2D eigenvalue weighted by molar-refractivity contribution is 5.23. The largest absolute Gasteiger partial charge is 0.310 e. The molecule has 0 aliphatic rings. The highest BCUT2D eigenvalue weighted by atomic mass is 19.2. The third kappa shape index (κ3) is 2.79. The SMILES string of the molecule is CCNC(c1cccc(F)c1F)C(C)CC. The van der Waals surface area contributed by atoms with Crippen LogP contribution in [0.15, 0.2) is 18.2 Å². The van der Waals surface area contributed by atoms with E-state index in [0.717, 1.165) is 19.0 Å². The Labute approximate surface area is 95.9 Å². The van der Waals surface area contributed by atoms with Crippen LogP contribution < -0.4 is 5.32 Å². The van der Waals surface area contributed by atoms with Gasteiger partial charge in [0.25, 0.3) is 0 Å². The van der Waals surface area contributed by atoms with Crippen LogP contribution in [-0.4, -0.2) is 6.54 Å². The van der Waals surface area contributed by atoms with E-state index < -0.39 is 11.6 Å². The van der Waals surface area contributed by atoms with E-state index in [1.165, 1.54) is 0 Å². The van der Waals surface area contributed by atoms with E-state index in [1.807, 2.05) is 20.8 Å². The Balaban J connectivity index is 3.05. The Kier molecular flexibility index (Phi) is 4.87. The molecule has 0 radical (unpaired) electrons. The zero-order valence-corrected chi connectivity index (χ0v) is 10.1. The first-order chi connectivity index (χ1) is 7.61. The molecule has 90 valence electrons. The molecule has 0 aromatic heterocycles. The molecule has 3 heteroatoms. The molecule has 1 aromatic rings. The molecule has 0 aliphatic carbocycles. The van der Waals surface area contributed by atoms with Crippen LogP contribution in [0, 0.1) is 17.6 Å². The van der Waals surface area contributed by atoms with Gasteiger partial charge in [-0.25, -0.2) is 8.78 Å². The predicted molar refractivity (Wildman–Crippen MR) is 62.2 cm³/mol. The summed E-state index contributed by atoms with van der Waals surface area (Å²) in [4.78, 5) is 0. The van der Waals surface area contributed by atoms with Crippen molar-refractivity contribution < 1.29 is 8.78 Å². The maximum absolute atomic E-state index is 13.7. The van der Waals surface area contributed by atoms with Gasteiger partial charge in [0, 0.05) is 11.6 Å². The van der Waals surface area contributed by atoms with Crippen molar-refractivity contribution in [3.63, 3.8) is 0 Å². The van der Waals surface area contributed by atoms with Gasteiger partial charge in [0.1, 0.15) is 0 Å². The van der Waals surface area contributed by atoms with E-state index in [9.17, 15) is 8.78 Å².